The van der Waals surface area contributed by atoms with Crippen molar-refractivity contribution in [3.8, 4) is 17.4 Å². The number of ether oxygens (including phenoxy) is 3. The van der Waals surface area contributed by atoms with Gasteiger partial charge in [0.05, 0.1) is 11.1 Å². The van der Waals surface area contributed by atoms with Gasteiger partial charge in [-0.2, -0.15) is 0 Å². The van der Waals surface area contributed by atoms with E-state index in [1.807, 2.05) is 24.3 Å². The lowest BCUT2D eigenvalue weighted by Gasteiger charge is -2.39. The lowest BCUT2D eigenvalue weighted by atomic mass is 9.69. The molecule has 8 rings (SSSR count). The number of rotatable bonds is 10. The molecule has 3 aromatic carbocycles. The first-order chi connectivity index (χ1) is 25.7. The van der Waals surface area contributed by atoms with E-state index < -0.39 is 29.7 Å². The van der Waals surface area contributed by atoms with Crippen molar-refractivity contribution in [2.45, 2.75) is 69.1 Å². The Labute approximate surface area is 305 Å². The summed E-state index contributed by atoms with van der Waals surface area (Å²) in [7, 11) is 0. The van der Waals surface area contributed by atoms with E-state index in [1.165, 1.54) is 12.5 Å². The SMILES string of the molecule is CC(=O)c1ccc(Oc2ccc(C3(c4ccc(O[C@H]5C[C@H](Nc6ccc7c(c6)C(=O)N(C6CCC(=O)NC6=O)C7=O)C5)cc4)CCOCC3)cc2)nn1. The number of benzene rings is 3. The van der Waals surface area contributed by atoms with E-state index in [-0.39, 0.29) is 53.0 Å². The predicted molar refractivity (Wildman–Crippen MR) is 190 cm³/mol. The van der Waals surface area contributed by atoms with Crippen LogP contribution in [-0.4, -0.2) is 75.9 Å². The van der Waals surface area contributed by atoms with Gasteiger partial charge in [-0.15, -0.1) is 10.2 Å². The van der Waals surface area contributed by atoms with Crippen molar-refractivity contribution in [3.05, 3.63) is 107 Å². The van der Waals surface area contributed by atoms with E-state index >= 15 is 0 Å². The number of piperidine rings is 1. The largest absolute Gasteiger partial charge is 0.490 e. The van der Waals surface area contributed by atoms with E-state index in [4.69, 9.17) is 14.2 Å². The molecule has 3 aliphatic heterocycles. The maximum atomic E-state index is 13.2. The summed E-state index contributed by atoms with van der Waals surface area (Å²) in [5.74, 6) is -0.525. The summed E-state index contributed by atoms with van der Waals surface area (Å²) in [4.78, 5) is 62.6. The minimum absolute atomic E-state index is 0.0203. The maximum absolute atomic E-state index is 13.2. The molecule has 0 radical (unpaired) electrons. The number of aromatic nitrogens is 2. The topological polar surface area (TPSA) is 166 Å². The van der Waals surface area contributed by atoms with E-state index in [1.54, 1.807) is 30.3 Å². The van der Waals surface area contributed by atoms with E-state index in [0.29, 0.717) is 30.5 Å². The number of amides is 4. The van der Waals surface area contributed by atoms with E-state index in [2.05, 4.69) is 45.1 Å². The average molecular weight is 716 g/mol. The summed E-state index contributed by atoms with van der Waals surface area (Å²) in [5.41, 5.74) is 3.60. The summed E-state index contributed by atoms with van der Waals surface area (Å²) in [6.07, 6.45) is 3.40. The van der Waals surface area contributed by atoms with Crippen molar-refractivity contribution in [2.75, 3.05) is 18.5 Å². The summed E-state index contributed by atoms with van der Waals surface area (Å²) < 4.78 is 18.0. The quantitative estimate of drug-likeness (QED) is 0.168. The molecule has 4 heterocycles. The van der Waals surface area contributed by atoms with Crippen molar-refractivity contribution in [1.29, 1.82) is 0 Å². The van der Waals surface area contributed by atoms with Crippen LogP contribution in [0.2, 0.25) is 0 Å². The van der Waals surface area contributed by atoms with Gasteiger partial charge in [0.2, 0.25) is 17.7 Å². The Kier molecular flexibility index (Phi) is 8.95. The van der Waals surface area contributed by atoms with Crippen LogP contribution >= 0.6 is 0 Å². The van der Waals surface area contributed by atoms with Crippen LogP contribution in [0, 0.1) is 0 Å². The monoisotopic (exact) mass is 715 g/mol. The Morgan fingerprint density at radius 2 is 1.53 bits per heavy atom. The highest BCUT2D eigenvalue weighted by atomic mass is 16.5. The number of carbonyl (C=O) groups excluding carboxylic acids is 5. The number of fused-ring (bicyclic) bond motifs is 1. The van der Waals surface area contributed by atoms with Crippen molar-refractivity contribution in [3.63, 3.8) is 0 Å². The van der Waals surface area contributed by atoms with Gasteiger partial charge in [-0.3, -0.25) is 34.2 Å². The highest BCUT2D eigenvalue weighted by molar-refractivity contribution is 6.23. The van der Waals surface area contributed by atoms with Gasteiger partial charge < -0.3 is 19.5 Å². The molecule has 0 bridgehead atoms. The number of anilines is 1. The zero-order chi connectivity index (χ0) is 36.7. The second-order valence-corrected chi connectivity index (χ2v) is 13.9. The maximum Gasteiger partial charge on any atom is 0.262 e. The predicted octanol–water partition coefficient (Wildman–Crippen LogP) is 4.99. The molecular weight excluding hydrogens is 678 g/mol. The molecule has 1 unspecified atom stereocenters. The van der Waals surface area contributed by atoms with Gasteiger partial charge in [-0.25, -0.2) is 0 Å². The van der Waals surface area contributed by atoms with Gasteiger partial charge in [0, 0.05) is 62.6 Å². The van der Waals surface area contributed by atoms with Crippen molar-refractivity contribution < 1.29 is 38.2 Å². The third kappa shape index (κ3) is 6.63. The second kappa shape index (κ2) is 13.9. The van der Waals surface area contributed by atoms with Gasteiger partial charge in [-0.1, -0.05) is 24.3 Å². The minimum Gasteiger partial charge on any atom is -0.490 e. The molecule has 1 aliphatic carbocycles. The molecule has 2 saturated heterocycles. The summed E-state index contributed by atoms with van der Waals surface area (Å²) in [6, 6.07) is 23.7. The van der Waals surface area contributed by atoms with Gasteiger partial charge in [-0.05, 0) is 78.9 Å². The van der Waals surface area contributed by atoms with E-state index in [0.717, 1.165) is 41.9 Å². The van der Waals surface area contributed by atoms with Gasteiger partial charge in [0.15, 0.2) is 5.78 Å². The molecule has 1 saturated carbocycles. The third-order valence-electron chi connectivity index (χ3n) is 10.6. The summed E-state index contributed by atoms with van der Waals surface area (Å²) >= 11 is 0. The first-order valence-electron chi connectivity index (χ1n) is 17.8. The van der Waals surface area contributed by atoms with Crippen LogP contribution in [0.3, 0.4) is 0 Å². The van der Waals surface area contributed by atoms with Gasteiger partial charge in [0.25, 0.3) is 11.8 Å². The number of ketones is 1. The molecule has 0 spiro atoms. The van der Waals surface area contributed by atoms with E-state index in [9.17, 15) is 24.0 Å². The zero-order valence-electron chi connectivity index (χ0n) is 29.0. The van der Waals surface area contributed by atoms with Crippen LogP contribution in [0.4, 0.5) is 5.69 Å². The molecule has 1 aromatic heterocycles. The number of nitrogens with one attached hydrogen (secondary N) is 2. The number of nitrogens with zero attached hydrogens (tertiary/aromatic N) is 3. The fourth-order valence-corrected chi connectivity index (χ4v) is 7.61. The standard InChI is InChI=1S/C40H37N5O8/c1-23(46)33-12-15-36(44-43-33)53-29-9-4-25(5-10-29)40(16-18-51-19-17-40)24-2-7-28(8-3-24)52-30-20-27(21-30)41-26-6-11-31-32(22-26)39(50)45(38(31)49)34-13-14-35(47)42-37(34)48/h2-12,15,22,27,30,34,41H,13-14,16-21H2,1H3,(H,42,47,48)/t27-,30-,34?. The number of hydrogen-bond acceptors (Lipinski definition) is 11. The van der Waals surface area contributed by atoms with Crippen LogP contribution in [0.15, 0.2) is 78.9 Å². The molecule has 53 heavy (non-hydrogen) atoms. The molecule has 4 aliphatic rings. The van der Waals surface area contributed by atoms with Crippen molar-refractivity contribution >= 4 is 35.1 Å². The first kappa shape index (κ1) is 34.2. The molecule has 2 N–H and O–H groups in total. The zero-order valence-corrected chi connectivity index (χ0v) is 29.0. The van der Waals surface area contributed by atoms with Crippen LogP contribution in [0.25, 0.3) is 0 Å². The van der Waals surface area contributed by atoms with Crippen molar-refractivity contribution in [1.82, 2.24) is 20.4 Å². The van der Waals surface area contributed by atoms with Crippen LogP contribution in [0.5, 0.6) is 17.4 Å². The molecule has 4 amide bonds. The third-order valence-corrected chi connectivity index (χ3v) is 10.6. The number of imide groups is 2. The lowest BCUT2D eigenvalue weighted by Crippen LogP contribution is -2.54. The van der Waals surface area contributed by atoms with Crippen molar-refractivity contribution in [2.24, 2.45) is 0 Å². The summed E-state index contributed by atoms with van der Waals surface area (Å²) in [6.45, 7) is 2.74. The van der Waals surface area contributed by atoms with Gasteiger partial charge in [0.1, 0.15) is 29.3 Å². The average Bonchev–Trinajstić information content (AvgIpc) is 3.39. The number of carbonyl (C=O) groups is 5. The molecular formula is C40H37N5O8. The summed E-state index contributed by atoms with van der Waals surface area (Å²) in [5, 5.41) is 13.6. The normalized spacial score (nSPS) is 22.1. The Morgan fingerprint density at radius 1 is 0.849 bits per heavy atom. The second-order valence-electron chi connectivity index (χ2n) is 13.9. The Bertz CT molecular complexity index is 2090. The number of Topliss-reactive ketones (excluding diaryl/α,β-unsaturated/α-hetero) is 1. The molecule has 1 atom stereocenters. The van der Waals surface area contributed by atoms with Crippen LogP contribution in [0.1, 0.15) is 87.8 Å². The lowest BCUT2D eigenvalue weighted by molar-refractivity contribution is -0.136. The molecule has 270 valence electrons. The fraction of sp³-hybridized carbons (Fsp3) is 0.325. The van der Waals surface area contributed by atoms with Crippen LogP contribution < -0.4 is 20.1 Å². The first-order valence-corrected chi connectivity index (χ1v) is 17.8. The van der Waals surface area contributed by atoms with Crippen LogP contribution in [-0.2, 0) is 19.7 Å². The molecule has 4 aromatic rings. The minimum atomic E-state index is -0.995. The Hall–Kier alpha value is -5.95. The Balaban J connectivity index is 0.875. The fourth-order valence-electron chi connectivity index (χ4n) is 7.61. The Morgan fingerprint density at radius 3 is 2.17 bits per heavy atom. The highest BCUT2D eigenvalue weighted by Crippen LogP contribution is 2.43. The molecule has 13 heteroatoms. The smallest absolute Gasteiger partial charge is 0.262 e. The van der Waals surface area contributed by atoms with Gasteiger partial charge >= 0.3 is 0 Å². The number of hydrogen-bond donors (Lipinski definition) is 2. The molecule has 3 fully saturated rings. The molecule has 13 nitrogen and oxygen atoms in total. The highest BCUT2D eigenvalue weighted by Gasteiger charge is 2.45.